The second-order valence-corrected chi connectivity index (χ2v) is 6.57. The molecule has 2 fully saturated rings. The Morgan fingerprint density at radius 3 is 2.83 bits per heavy atom. The highest BCUT2D eigenvalue weighted by Gasteiger charge is 2.56. The number of nitrogens with zero attached hydrogens (tertiary/aromatic N) is 1. The molecule has 6 nitrogen and oxygen atoms in total. The van der Waals surface area contributed by atoms with Crippen molar-refractivity contribution in [2.24, 2.45) is 5.92 Å². The van der Waals surface area contributed by atoms with Crippen LogP contribution in [0.15, 0.2) is 24.3 Å². The van der Waals surface area contributed by atoms with Crippen molar-refractivity contribution in [2.45, 2.75) is 31.7 Å². The van der Waals surface area contributed by atoms with Gasteiger partial charge in [0.25, 0.3) is 5.91 Å². The number of urea groups is 1. The van der Waals surface area contributed by atoms with Gasteiger partial charge in [-0.2, -0.15) is 12.6 Å². The zero-order chi connectivity index (χ0) is 16.6. The van der Waals surface area contributed by atoms with E-state index in [9.17, 15) is 14.4 Å². The van der Waals surface area contributed by atoms with Crippen LogP contribution >= 0.6 is 12.6 Å². The van der Waals surface area contributed by atoms with E-state index in [1.807, 2.05) is 0 Å². The second-order valence-electron chi connectivity index (χ2n) is 6.12. The van der Waals surface area contributed by atoms with Gasteiger partial charge < -0.3 is 10.6 Å². The van der Waals surface area contributed by atoms with Crippen molar-refractivity contribution in [1.82, 2.24) is 5.32 Å². The molecule has 1 aromatic rings. The van der Waals surface area contributed by atoms with Gasteiger partial charge in [0, 0.05) is 12.1 Å². The van der Waals surface area contributed by atoms with E-state index in [4.69, 9.17) is 0 Å². The molecule has 0 bridgehead atoms. The predicted molar refractivity (Wildman–Crippen MR) is 90.7 cm³/mol. The van der Waals surface area contributed by atoms with E-state index in [1.54, 1.807) is 31.2 Å². The van der Waals surface area contributed by atoms with E-state index in [0.717, 1.165) is 17.7 Å². The maximum Gasteiger partial charge on any atom is 0.329 e. The molecule has 7 heteroatoms. The Hall–Kier alpha value is -2.02. The largest absolute Gasteiger partial charge is 0.329 e. The van der Waals surface area contributed by atoms with Crippen LogP contribution in [-0.2, 0) is 9.59 Å². The van der Waals surface area contributed by atoms with Crippen LogP contribution < -0.4 is 15.5 Å². The number of nitrogens with one attached hydrogen (secondary N) is 2. The summed E-state index contributed by atoms with van der Waals surface area (Å²) in [7, 11) is 0. The lowest BCUT2D eigenvalue weighted by Gasteiger charge is -2.21. The minimum atomic E-state index is -0.817. The molecule has 0 spiro atoms. The molecule has 1 aliphatic carbocycles. The summed E-state index contributed by atoms with van der Waals surface area (Å²) in [6.45, 7) is 1.78. The molecule has 2 aliphatic rings. The van der Waals surface area contributed by atoms with Gasteiger partial charge in [0.15, 0.2) is 0 Å². The molecule has 0 radical (unpaired) electrons. The summed E-state index contributed by atoms with van der Waals surface area (Å²) in [5.74, 6) is 0.279. The number of carbonyl (C=O) groups excluding carboxylic acids is 3. The van der Waals surface area contributed by atoms with Gasteiger partial charge in [-0.05, 0) is 49.6 Å². The van der Waals surface area contributed by atoms with Gasteiger partial charge in [-0.25, -0.2) is 9.69 Å². The minimum Gasteiger partial charge on any atom is -0.326 e. The second kappa shape index (κ2) is 5.88. The van der Waals surface area contributed by atoms with Crippen molar-refractivity contribution < 1.29 is 14.4 Å². The summed E-state index contributed by atoms with van der Waals surface area (Å²) in [5, 5.41) is 5.55. The van der Waals surface area contributed by atoms with Crippen molar-refractivity contribution >= 4 is 41.8 Å². The maximum absolute atomic E-state index is 12.7. The van der Waals surface area contributed by atoms with Crippen molar-refractivity contribution in [1.29, 1.82) is 0 Å². The zero-order valence-electron chi connectivity index (χ0n) is 12.8. The Bertz CT molecular complexity index is 674. The molecule has 1 saturated heterocycles. The average molecular weight is 333 g/mol. The summed E-state index contributed by atoms with van der Waals surface area (Å²) < 4.78 is 0. The predicted octanol–water partition coefficient (Wildman–Crippen LogP) is 2.17. The van der Waals surface area contributed by atoms with Crippen molar-refractivity contribution in [3.8, 4) is 0 Å². The first-order chi connectivity index (χ1) is 11.0. The molecular weight excluding hydrogens is 314 g/mol. The molecule has 23 heavy (non-hydrogen) atoms. The van der Waals surface area contributed by atoms with Gasteiger partial charge in [0.2, 0.25) is 5.91 Å². The summed E-state index contributed by atoms with van der Waals surface area (Å²) in [6.07, 6.45) is 2.21. The van der Waals surface area contributed by atoms with E-state index < -0.39 is 11.6 Å². The number of amides is 4. The first-order valence-electron chi connectivity index (χ1n) is 7.63. The fraction of sp³-hybridized carbons (Fsp3) is 0.438. The highest BCUT2D eigenvalue weighted by molar-refractivity contribution is 7.80. The van der Waals surface area contributed by atoms with Crippen molar-refractivity contribution in [2.75, 3.05) is 16.0 Å². The summed E-state index contributed by atoms with van der Waals surface area (Å²) in [6, 6.07) is 6.33. The molecule has 122 valence electrons. The number of anilines is 2. The number of imide groups is 1. The molecule has 4 amide bonds. The summed E-state index contributed by atoms with van der Waals surface area (Å²) >= 11 is 4.02. The summed E-state index contributed by atoms with van der Waals surface area (Å²) in [5.41, 5.74) is 0.193. The zero-order valence-corrected chi connectivity index (χ0v) is 13.7. The van der Waals surface area contributed by atoms with Gasteiger partial charge in [-0.15, -0.1) is 0 Å². The van der Waals surface area contributed by atoms with Gasteiger partial charge >= 0.3 is 6.03 Å². The first kappa shape index (κ1) is 15.9. The van der Waals surface area contributed by atoms with Crippen LogP contribution in [-0.4, -0.2) is 29.1 Å². The molecule has 1 atom stereocenters. The molecule has 2 N–H and O–H groups in total. The molecule has 1 unspecified atom stereocenters. The number of thiol groups is 1. The van der Waals surface area contributed by atoms with Gasteiger partial charge in [0.05, 0.1) is 5.69 Å². The van der Waals surface area contributed by atoms with Crippen LogP contribution in [0.2, 0.25) is 0 Å². The van der Waals surface area contributed by atoms with Crippen LogP contribution in [0, 0.1) is 5.92 Å². The molecule has 0 aromatic heterocycles. The Morgan fingerprint density at radius 2 is 2.17 bits per heavy atom. The van der Waals surface area contributed by atoms with E-state index >= 15 is 0 Å². The molecular formula is C16H19N3O3S. The minimum absolute atomic E-state index is 0.155. The van der Waals surface area contributed by atoms with Crippen LogP contribution in [0.1, 0.15) is 26.2 Å². The Morgan fingerprint density at radius 1 is 1.43 bits per heavy atom. The number of carbonyl (C=O) groups is 3. The standard InChI is InChI=1S/C16H19N3O3S/c1-16(10-5-6-10)14(21)19(15(22)18-16)12-4-2-3-11(9-12)17-13(20)7-8-23/h2-4,9-10,23H,5-8H2,1H3,(H,17,20)(H,18,22). The van der Waals surface area contributed by atoms with Gasteiger partial charge in [-0.1, -0.05) is 6.07 Å². The maximum atomic E-state index is 12.7. The molecule has 1 saturated carbocycles. The topological polar surface area (TPSA) is 78.5 Å². The van der Waals surface area contributed by atoms with Crippen molar-refractivity contribution in [3.05, 3.63) is 24.3 Å². The molecule has 1 heterocycles. The third-order valence-corrected chi connectivity index (χ3v) is 4.56. The van der Waals surface area contributed by atoms with Crippen LogP contribution in [0.3, 0.4) is 0 Å². The SMILES string of the molecule is CC1(C2CC2)NC(=O)N(c2cccc(NC(=O)CCS)c2)C1=O. The molecule has 3 rings (SSSR count). The normalized spacial score (nSPS) is 23.8. The lowest BCUT2D eigenvalue weighted by atomic mass is 9.96. The molecule has 1 aromatic carbocycles. The van der Waals surface area contributed by atoms with E-state index in [2.05, 4.69) is 23.3 Å². The van der Waals surface area contributed by atoms with Crippen molar-refractivity contribution in [3.63, 3.8) is 0 Å². The summed E-state index contributed by atoms with van der Waals surface area (Å²) in [4.78, 5) is 37.8. The first-order valence-corrected chi connectivity index (χ1v) is 8.26. The Labute approximate surface area is 140 Å². The Kier molecular flexibility index (Phi) is 4.06. The lowest BCUT2D eigenvalue weighted by molar-refractivity contribution is -0.122. The van der Waals surface area contributed by atoms with Crippen LogP contribution in [0.4, 0.5) is 16.2 Å². The van der Waals surface area contributed by atoms with Gasteiger partial charge in [0.1, 0.15) is 5.54 Å². The number of hydrogen-bond donors (Lipinski definition) is 3. The van der Waals surface area contributed by atoms with E-state index in [1.165, 1.54) is 0 Å². The smallest absolute Gasteiger partial charge is 0.326 e. The fourth-order valence-corrected chi connectivity index (χ4v) is 3.08. The quantitative estimate of drug-likeness (QED) is 0.571. The third-order valence-electron chi connectivity index (χ3n) is 4.34. The number of benzene rings is 1. The highest BCUT2D eigenvalue weighted by Crippen LogP contribution is 2.43. The number of hydrogen-bond acceptors (Lipinski definition) is 4. The molecule has 1 aliphatic heterocycles. The van der Waals surface area contributed by atoms with Crippen LogP contribution in [0.5, 0.6) is 0 Å². The Balaban J connectivity index is 1.83. The van der Waals surface area contributed by atoms with Crippen LogP contribution in [0.25, 0.3) is 0 Å². The fourth-order valence-electron chi connectivity index (χ4n) is 2.88. The number of rotatable bonds is 5. The monoisotopic (exact) mass is 333 g/mol. The van der Waals surface area contributed by atoms with E-state index in [0.29, 0.717) is 23.5 Å². The third kappa shape index (κ3) is 2.93. The highest BCUT2D eigenvalue weighted by atomic mass is 32.1. The van der Waals surface area contributed by atoms with E-state index in [-0.39, 0.29) is 17.7 Å². The average Bonchev–Trinajstić information content (AvgIpc) is 3.29. The van der Waals surface area contributed by atoms with Gasteiger partial charge in [-0.3, -0.25) is 9.59 Å². The lowest BCUT2D eigenvalue weighted by Crippen LogP contribution is -2.46.